The molecule has 2 rings (SSSR count). The van der Waals surface area contributed by atoms with Crippen molar-refractivity contribution in [2.75, 3.05) is 26.2 Å². The Morgan fingerprint density at radius 3 is 2.40 bits per heavy atom. The monoisotopic (exact) mass is 347 g/mol. The molecule has 1 aromatic carbocycles. The molecule has 140 valence electrons. The molecule has 0 bridgehead atoms. The van der Waals surface area contributed by atoms with Gasteiger partial charge in [0, 0.05) is 25.7 Å². The summed E-state index contributed by atoms with van der Waals surface area (Å²) >= 11 is 0. The maximum absolute atomic E-state index is 12.3. The summed E-state index contributed by atoms with van der Waals surface area (Å²) in [5.74, 6) is 1.55. The van der Waals surface area contributed by atoms with E-state index in [1.807, 2.05) is 38.1 Å². The standard InChI is InChI=1S/C20H33N3O2/c1-5-25-19-8-6-17(7-9-19)16(4)21-20(24)22-18-10-12-23(13-11-18)14-15(2)3/h6-9,15-16,18H,5,10-14H2,1-4H3,(H2,21,22,24). The molecule has 1 heterocycles. The van der Waals surface area contributed by atoms with Crippen LogP contribution in [0.15, 0.2) is 24.3 Å². The maximum Gasteiger partial charge on any atom is 0.315 e. The molecule has 25 heavy (non-hydrogen) atoms. The Hall–Kier alpha value is -1.75. The molecule has 2 N–H and O–H groups in total. The van der Waals surface area contributed by atoms with Gasteiger partial charge < -0.3 is 20.3 Å². The number of amides is 2. The first-order valence-corrected chi connectivity index (χ1v) is 9.50. The first kappa shape index (κ1) is 19.6. The third-order valence-electron chi connectivity index (χ3n) is 4.58. The normalized spacial score (nSPS) is 17.3. The van der Waals surface area contributed by atoms with Gasteiger partial charge in [0.1, 0.15) is 5.75 Å². The fourth-order valence-corrected chi connectivity index (χ4v) is 3.30. The van der Waals surface area contributed by atoms with Crippen LogP contribution >= 0.6 is 0 Å². The number of nitrogens with zero attached hydrogens (tertiary/aromatic N) is 1. The molecule has 1 saturated heterocycles. The first-order chi connectivity index (χ1) is 12.0. The van der Waals surface area contributed by atoms with E-state index >= 15 is 0 Å². The van der Waals surface area contributed by atoms with E-state index in [2.05, 4.69) is 29.4 Å². The summed E-state index contributed by atoms with van der Waals surface area (Å²) < 4.78 is 5.45. The van der Waals surface area contributed by atoms with Crippen LogP contribution in [0.5, 0.6) is 5.75 Å². The minimum atomic E-state index is -0.0799. The average Bonchev–Trinajstić information content (AvgIpc) is 2.57. The van der Waals surface area contributed by atoms with E-state index in [-0.39, 0.29) is 18.1 Å². The third kappa shape index (κ3) is 6.58. The van der Waals surface area contributed by atoms with E-state index in [1.165, 1.54) is 0 Å². The largest absolute Gasteiger partial charge is 0.494 e. The molecule has 0 saturated carbocycles. The van der Waals surface area contributed by atoms with Gasteiger partial charge in [-0.05, 0) is 50.3 Å². The predicted octanol–water partition coefficient (Wildman–Crippen LogP) is 3.57. The number of piperidine rings is 1. The van der Waals surface area contributed by atoms with Crippen LogP contribution in [0.2, 0.25) is 0 Å². The van der Waals surface area contributed by atoms with Crippen LogP contribution < -0.4 is 15.4 Å². The molecular weight excluding hydrogens is 314 g/mol. The van der Waals surface area contributed by atoms with Crippen LogP contribution in [0, 0.1) is 5.92 Å². The van der Waals surface area contributed by atoms with Crippen molar-refractivity contribution in [3.8, 4) is 5.75 Å². The number of rotatable bonds is 7. The van der Waals surface area contributed by atoms with E-state index in [9.17, 15) is 4.79 Å². The molecule has 5 nitrogen and oxygen atoms in total. The minimum Gasteiger partial charge on any atom is -0.494 e. The van der Waals surface area contributed by atoms with Crippen LogP contribution in [-0.2, 0) is 0 Å². The van der Waals surface area contributed by atoms with Crippen LogP contribution in [-0.4, -0.2) is 43.2 Å². The second kappa shape index (κ2) is 9.66. The van der Waals surface area contributed by atoms with Crippen molar-refractivity contribution in [2.45, 2.75) is 52.6 Å². The second-order valence-electron chi connectivity index (χ2n) is 7.31. The van der Waals surface area contributed by atoms with Crippen LogP contribution in [0.25, 0.3) is 0 Å². The summed E-state index contributed by atoms with van der Waals surface area (Å²) in [6, 6.07) is 8.05. The molecule has 1 atom stereocenters. The molecule has 2 amide bonds. The van der Waals surface area contributed by atoms with Gasteiger partial charge in [0.15, 0.2) is 0 Å². The molecule has 1 aliphatic heterocycles. The van der Waals surface area contributed by atoms with Gasteiger partial charge >= 0.3 is 6.03 Å². The molecule has 0 spiro atoms. The number of carbonyl (C=O) groups excluding carboxylic acids is 1. The summed E-state index contributed by atoms with van der Waals surface area (Å²) in [7, 11) is 0. The fourth-order valence-electron chi connectivity index (χ4n) is 3.30. The predicted molar refractivity (Wildman–Crippen MR) is 102 cm³/mol. The van der Waals surface area contributed by atoms with Crippen molar-refractivity contribution in [3.05, 3.63) is 29.8 Å². The summed E-state index contributed by atoms with van der Waals surface area (Å²) in [6.45, 7) is 12.4. The van der Waals surface area contributed by atoms with Gasteiger partial charge in [-0.2, -0.15) is 0 Å². The Bertz CT molecular complexity index is 522. The van der Waals surface area contributed by atoms with Crippen LogP contribution in [0.4, 0.5) is 4.79 Å². The lowest BCUT2D eigenvalue weighted by Crippen LogP contribution is -2.48. The molecule has 0 radical (unpaired) electrons. The van der Waals surface area contributed by atoms with Crippen LogP contribution in [0.1, 0.15) is 52.1 Å². The summed E-state index contributed by atoms with van der Waals surface area (Å²) in [5.41, 5.74) is 1.07. The van der Waals surface area contributed by atoms with Gasteiger partial charge in [0.2, 0.25) is 0 Å². The van der Waals surface area contributed by atoms with Gasteiger partial charge in [-0.1, -0.05) is 26.0 Å². The zero-order valence-electron chi connectivity index (χ0n) is 16.0. The van der Waals surface area contributed by atoms with E-state index in [0.717, 1.165) is 43.8 Å². The van der Waals surface area contributed by atoms with Gasteiger partial charge in [0.05, 0.1) is 12.6 Å². The lowest BCUT2D eigenvalue weighted by atomic mass is 10.0. The van der Waals surface area contributed by atoms with Gasteiger partial charge in [0.25, 0.3) is 0 Å². The SMILES string of the molecule is CCOc1ccc(C(C)NC(=O)NC2CCN(CC(C)C)CC2)cc1. The molecule has 1 fully saturated rings. The van der Waals surface area contributed by atoms with Gasteiger partial charge in [-0.25, -0.2) is 4.79 Å². The number of carbonyl (C=O) groups is 1. The molecule has 0 aromatic heterocycles. The summed E-state index contributed by atoms with van der Waals surface area (Å²) in [6.07, 6.45) is 2.05. The molecule has 1 unspecified atom stereocenters. The Morgan fingerprint density at radius 1 is 1.20 bits per heavy atom. The van der Waals surface area contributed by atoms with E-state index in [4.69, 9.17) is 4.74 Å². The van der Waals surface area contributed by atoms with Crippen molar-refractivity contribution in [1.29, 1.82) is 0 Å². The second-order valence-corrected chi connectivity index (χ2v) is 7.31. The minimum absolute atomic E-state index is 0.0308. The first-order valence-electron chi connectivity index (χ1n) is 9.50. The number of hydrogen-bond acceptors (Lipinski definition) is 3. The van der Waals surface area contributed by atoms with Crippen LogP contribution in [0.3, 0.4) is 0 Å². The Labute approximate surface area is 152 Å². The average molecular weight is 348 g/mol. The quantitative estimate of drug-likeness (QED) is 0.793. The van der Waals surface area contributed by atoms with Crippen molar-refractivity contribution >= 4 is 6.03 Å². The highest BCUT2D eigenvalue weighted by atomic mass is 16.5. The van der Waals surface area contributed by atoms with E-state index < -0.39 is 0 Å². The zero-order chi connectivity index (χ0) is 18.2. The van der Waals surface area contributed by atoms with Crippen molar-refractivity contribution < 1.29 is 9.53 Å². The number of likely N-dealkylation sites (tertiary alicyclic amines) is 1. The summed E-state index contributed by atoms with van der Waals surface area (Å²) in [4.78, 5) is 14.8. The van der Waals surface area contributed by atoms with Gasteiger partial charge in [-0.3, -0.25) is 0 Å². The number of nitrogens with one attached hydrogen (secondary N) is 2. The number of urea groups is 1. The number of benzene rings is 1. The third-order valence-corrected chi connectivity index (χ3v) is 4.58. The topological polar surface area (TPSA) is 53.6 Å². The Morgan fingerprint density at radius 2 is 1.84 bits per heavy atom. The highest BCUT2D eigenvalue weighted by Gasteiger charge is 2.21. The molecule has 5 heteroatoms. The Kier molecular flexibility index (Phi) is 7.56. The highest BCUT2D eigenvalue weighted by molar-refractivity contribution is 5.74. The molecule has 1 aliphatic rings. The van der Waals surface area contributed by atoms with E-state index in [0.29, 0.717) is 12.5 Å². The van der Waals surface area contributed by atoms with Crippen molar-refractivity contribution in [1.82, 2.24) is 15.5 Å². The zero-order valence-corrected chi connectivity index (χ0v) is 16.0. The fraction of sp³-hybridized carbons (Fsp3) is 0.650. The number of ether oxygens (including phenoxy) is 1. The summed E-state index contributed by atoms with van der Waals surface area (Å²) in [5, 5.41) is 6.16. The van der Waals surface area contributed by atoms with Gasteiger partial charge in [-0.15, -0.1) is 0 Å². The highest BCUT2D eigenvalue weighted by Crippen LogP contribution is 2.18. The Balaban J connectivity index is 1.74. The maximum atomic E-state index is 12.3. The number of hydrogen-bond donors (Lipinski definition) is 2. The molecule has 1 aromatic rings. The molecular formula is C20H33N3O2. The van der Waals surface area contributed by atoms with E-state index in [1.54, 1.807) is 0 Å². The lowest BCUT2D eigenvalue weighted by Gasteiger charge is -2.33. The smallest absolute Gasteiger partial charge is 0.315 e. The molecule has 0 aliphatic carbocycles. The van der Waals surface area contributed by atoms with Crippen molar-refractivity contribution in [2.24, 2.45) is 5.92 Å². The van der Waals surface area contributed by atoms with Crippen molar-refractivity contribution in [3.63, 3.8) is 0 Å². The lowest BCUT2D eigenvalue weighted by molar-refractivity contribution is 0.177.